The highest BCUT2D eigenvalue weighted by atomic mass is 16.7. The topological polar surface area (TPSA) is 55.8 Å². The first kappa shape index (κ1) is 9.02. The smallest absolute Gasteiger partial charge is 0.307 e. The Labute approximate surface area is 81.1 Å². The van der Waals surface area contributed by atoms with Crippen LogP contribution in [0.4, 0.5) is 0 Å². The summed E-state index contributed by atoms with van der Waals surface area (Å²) < 4.78 is 10.3. The molecule has 74 valence electrons. The summed E-state index contributed by atoms with van der Waals surface area (Å²) >= 11 is 0. The van der Waals surface area contributed by atoms with Crippen molar-refractivity contribution >= 4 is 5.97 Å². The minimum Gasteiger partial charge on any atom is -0.481 e. The van der Waals surface area contributed by atoms with Crippen LogP contribution in [0.3, 0.4) is 0 Å². The van der Waals surface area contributed by atoms with Gasteiger partial charge in [0.15, 0.2) is 6.79 Å². The number of fused-ring (bicyclic) bond motifs is 1. The van der Waals surface area contributed by atoms with Crippen molar-refractivity contribution in [3.8, 4) is 5.75 Å². The molecule has 2 rings (SSSR count). The highest BCUT2D eigenvalue weighted by Crippen LogP contribution is 2.24. The van der Waals surface area contributed by atoms with E-state index in [9.17, 15) is 4.79 Å². The Morgan fingerprint density at radius 3 is 3.14 bits per heavy atom. The zero-order chi connectivity index (χ0) is 9.97. The number of hydrogen-bond donors (Lipinski definition) is 1. The minimum atomic E-state index is -0.831. The van der Waals surface area contributed by atoms with Gasteiger partial charge in [-0.2, -0.15) is 0 Å². The van der Waals surface area contributed by atoms with E-state index in [1.54, 1.807) is 12.1 Å². The second kappa shape index (κ2) is 3.67. The van der Waals surface area contributed by atoms with Crippen molar-refractivity contribution in [2.45, 2.75) is 13.0 Å². The zero-order valence-electron chi connectivity index (χ0n) is 7.53. The monoisotopic (exact) mass is 194 g/mol. The summed E-state index contributed by atoms with van der Waals surface area (Å²) in [6.45, 7) is 0.758. The fourth-order valence-corrected chi connectivity index (χ4v) is 1.43. The number of carboxylic acids is 1. The van der Waals surface area contributed by atoms with E-state index in [-0.39, 0.29) is 13.2 Å². The Morgan fingerprint density at radius 2 is 2.36 bits per heavy atom. The van der Waals surface area contributed by atoms with Crippen molar-refractivity contribution in [1.82, 2.24) is 0 Å². The third-order valence-corrected chi connectivity index (χ3v) is 2.04. The van der Waals surface area contributed by atoms with E-state index in [1.807, 2.05) is 6.07 Å². The van der Waals surface area contributed by atoms with Crippen molar-refractivity contribution < 1.29 is 19.4 Å². The van der Waals surface area contributed by atoms with Gasteiger partial charge in [-0.15, -0.1) is 0 Å². The predicted octanol–water partition coefficient (Wildman–Crippen LogP) is 1.18. The van der Waals surface area contributed by atoms with Gasteiger partial charge < -0.3 is 14.6 Å². The summed E-state index contributed by atoms with van der Waals surface area (Å²) in [5, 5.41) is 8.61. The van der Waals surface area contributed by atoms with Crippen molar-refractivity contribution in [1.29, 1.82) is 0 Å². The number of benzene rings is 1. The summed E-state index contributed by atoms with van der Waals surface area (Å²) in [5.74, 6) is -0.0482. The quantitative estimate of drug-likeness (QED) is 0.768. The molecule has 0 unspecified atom stereocenters. The van der Waals surface area contributed by atoms with E-state index in [0.717, 1.165) is 16.9 Å². The molecule has 0 aromatic heterocycles. The van der Waals surface area contributed by atoms with E-state index in [1.165, 1.54) is 0 Å². The molecule has 4 nitrogen and oxygen atoms in total. The minimum absolute atomic E-state index is 0.0350. The number of hydrogen-bond acceptors (Lipinski definition) is 3. The van der Waals surface area contributed by atoms with E-state index >= 15 is 0 Å². The first-order valence-electron chi connectivity index (χ1n) is 4.30. The van der Waals surface area contributed by atoms with Crippen LogP contribution < -0.4 is 4.74 Å². The maximum absolute atomic E-state index is 10.5. The molecule has 1 aliphatic rings. The summed E-state index contributed by atoms with van der Waals surface area (Å²) in [6.07, 6.45) is 0.0350. The molecule has 0 spiro atoms. The van der Waals surface area contributed by atoms with Gasteiger partial charge in [0.2, 0.25) is 0 Å². The van der Waals surface area contributed by atoms with Crippen LogP contribution in [0.5, 0.6) is 5.75 Å². The molecule has 0 aliphatic carbocycles. The van der Waals surface area contributed by atoms with Gasteiger partial charge in [0, 0.05) is 5.56 Å². The van der Waals surface area contributed by atoms with Crippen LogP contribution in [-0.4, -0.2) is 17.9 Å². The van der Waals surface area contributed by atoms with Gasteiger partial charge >= 0.3 is 5.97 Å². The molecule has 14 heavy (non-hydrogen) atoms. The van der Waals surface area contributed by atoms with Gasteiger partial charge in [-0.3, -0.25) is 4.79 Å². The lowest BCUT2D eigenvalue weighted by molar-refractivity contribution is -0.136. The van der Waals surface area contributed by atoms with Gasteiger partial charge in [-0.1, -0.05) is 6.07 Å². The van der Waals surface area contributed by atoms with E-state index < -0.39 is 5.97 Å². The predicted molar refractivity (Wildman–Crippen MR) is 48.1 cm³/mol. The second-order valence-electron chi connectivity index (χ2n) is 3.12. The molecule has 4 heteroatoms. The molecule has 0 saturated carbocycles. The standard InChI is InChI=1S/C10H10O4/c11-10(12)4-7-1-2-9-8(3-7)5-13-6-14-9/h1-3H,4-6H2,(H,11,12). The summed E-state index contributed by atoms with van der Waals surface area (Å²) in [4.78, 5) is 10.5. The van der Waals surface area contributed by atoms with Gasteiger partial charge in [0.05, 0.1) is 13.0 Å². The summed E-state index contributed by atoms with van der Waals surface area (Å²) in [5.41, 5.74) is 1.68. The van der Waals surface area contributed by atoms with Crippen molar-refractivity contribution in [2.75, 3.05) is 6.79 Å². The molecule has 0 radical (unpaired) electrons. The third kappa shape index (κ3) is 1.85. The van der Waals surface area contributed by atoms with E-state index in [0.29, 0.717) is 6.61 Å². The lowest BCUT2D eigenvalue weighted by Crippen LogP contribution is -2.12. The maximum Gasteiger partial charge on any atom is 0.307 e. The Morgan fingerprint density at radius 1 is 1.50 bits per heavy atom. The maximum atomic E-state index is 10.5. The van der Waals surface area contributed by atoms with Crippen molar-refractivity contribution in [3.05, 3.63) is 29.3 Å². The third-order valence-electron chi connectivity index (χ3n) is 2.04. The van der Waals surface area contributed by atoms with E-state index in [2.05, 4.69) is 0 Å². The lowest BCUT2D eigenvalue weighted by Gasteiger charge is -2.17. The zero-order valence-corrected chi connectivity index (χ0v) is 7.53. The average Bonchev–Trinajstić information content (AvgIpc) is 2.17. The van der Waals surface area contributed by atoms with Gasteiger partial charge in [0.1, 0.15) is 5.75 Å². The van der Waals surface area contributed by atoms with Crippen LogP contribution in [0.1, 0.15) is 11.1 Å². The number of rotatable bonds is 2. The Kier molecular flexibility index (Phi) is 2.37. The number of carboxylic acid groups (broad SMARTS) is 1. The van der Waals surface area contributed by atoms with Crippen LogP contribution >= 0.6 is 0 Å². The second-order valence-corrected chi connectivity index (χ2v) is 3.12. The average molecular weight is 194 g/mol. The highest BCUT2D eigenvalue weighted by molar-refractivity contribution is 5.70. The first-order chi connectivity index (χ1) is 6.75. The van der Waals surface area contributed by atoms with Crippen molar-refractivity contribution in [3.63, 3.8) is 0 Å². The SMILES string of the molecule is O=C(O)Cc1ccc2c(c1)COCO2. The Balaban J connectivity index is 2.24. The molecule has 0 saturated heterocycles. The van der Waals surface area contributed by atoms with Crippen LogP contribution in [0.15, 0.2) is 18.2 Å². The van der Waals surface area contributed by atoms with Crippen LogP contribution in [0, 0.1) is 0 Å². The first-order valence-corrected chi connectivity index (χ1v) is 4.30. The highest BCUT2D eigenvalue weighted by Gasteiger charge is 2.11. The summed E-state index contributed by atoms with van der Waals surface area (Å²) in [7, 11) is 0. The van der Waals surface area contributed by atoms with Gasteiger partial charge in [-0.05, 0) is 17.7 Å². The normalized spacial score (nSPS) is 14.3. The van der Waals surface area contributed by atoms with Crippen LogP contribution in [0.25, 0.3) is 0 Å². The fourth-order valence-electron chi connectivity index (χ4n) is 1.43. The molecule has 1 N–H and O–H groups in total. The van der Waals surface area contributed by atoms with Crippen molar-refractivity contribution in [2.24, 2.45) is 0 Å². The molecule has 0 atom stereocenters. The lowest BCUT2D eigenvalue weighted by atomic mass is 10.1. The fraction of sp³-hybridized carbons (Fsp3) is 0.300. The van der Waals surface area contributed by atoms with Crippen LogP contribution in [-0.2, 0) is 22.6 Å². The molecule has 0 bridgehead atoms. The molecule has 0 fully saturated rings. The van der Waals surface area contributed by atoms with Gasteiger partial charge in [0.25, 0.3) is 0 Å². The molecule has 1 aliphatic heterocycles. The Hall–Kier alpha value is -1.55. The Bertz CT molecular complexity index is 359. The molecule has 1 aromatic carbocycles. The molecular weight excluding hydrogens is 184 g/mol. The molecule has 1 aromatic rings. The molecule has 0 amide bonds. The molecular formula is C10H10O4. The number of carbonyl (C=O) groups is 1. The number of ether oxygens (including phenoxy) is 2. The number of aliphatic carboxylic acids is 1. The molecule has 1 heterocycles. The summed E-state index contributed by atoms with van der Waals surface area (Å²) in [6, 6.07) is 5.36. The van der Waals surface area contributed by atoms with Gasteiger partial charge in [-0.25, -0.2) is 0 Å². The van der Waals surface area contributed by atoms with Crippen LogP contribution in [0.2, 0.25) is 0 Å². The largest absolute Gasteiger partial charge is 0.481 e. The van der Waals surface area contributed by atoms with E-state index in [4.69, 9.17) is 14.6 Å².